The molecule has 102 valence electrons. The molecule has 1 aliphatic rings. The van der Waals surface area contributed by atoms with Crippen molar-refractivity contribution in [2.75, 3.05) is 13.7 Å². The van der Waals surface area contributed by atoms with E-state index in [0.717, 1.165) is 36.3 Å². The number of carbonyl (C=O) groups is 1. The zero-order chi connectivity index (χ0) is 13.8. The molecule has 1 aromatic carbocycles. The first-order valence-corrected chi connectivity index (χ1v) is 6.74. The van der Waals surface area contributed by atoms with Gasteiger partial charge in [0.15, 0.2) is 0 Å². The standard InChI is InChI=1S/C16H21NO2/c1-4-13-7-8-15(19-3)14(10-13)11-16(18)17-9-5-6-12(17)2/h4,7-8,10,12H,1,5-6,9,11H2,2-3H3. The summed E-state index contributed by atoms with van der Waals surface area (Å²) in [5.41, 5.74) is 1.95. The summed E-state index contributed by atoms with van der Waals surface area (Å²) in [5.74, 6) is 0.954. The Balaban J connectivity index is 2.17. The summed E-state index contributed by atoms with van der Waals surface area (Å²) in [6.07, 6.45) is 4.40. The third-order valence-electron chi connectivity index (χ3n) is 3.76. The summed E-state index contributed by atoms with van der Waals surface area (Å²) >= 11 is 0. The normalized spacial score (nSPS) is 18.4. The largest absolute Gasteiger partial charge is 0.496 e. The van der Waals surface area contributed by atoms with Gasteiger partial charge in [0.05, 0.1) is 13.5 Å². The molecule has 2 rings (SSSR count). The second-order valence-electron chi connectivity index (χ2n) is 5.03. The Morgan fingerprint density at radius 1 is 1.58 bits per heavy atom. The van der Waals surface area contributed by atoms with Crippen LogP contribution in [0.25, 0.3) is 6.08 Å². The van der Waals surface area contributed by atoms with Crippen LogP contribution < -0.4 is 4.74 Å². The van der Waals surface area contributed by atoms with Gasteiger partial charge in [0.1, 0.15) is 5.75 Å². The molecule has 1 fully saturated rings. The van der Waals surface area contributed by atoms with Gasteiger partial charge in [-0.2, -0.15) is 0 Å². The molecular formula is C16H21NO2. The minimum absolute atomic E-state index is 0.185. The number of hydrogen-bond acceptors (Lipinski definition) is 2. The lowest BCUT2D eigenvalue weighted by molar-refractivity contribution is -0.131. The van der Waals surface area contributed by atoms with E-state index in [-0.39, 0.29) is 5.91 Å². The Bertz CT molecular complexity index is 482. The lowest BCUT2D eigenvalue weighted by atomic mass is 10.1. The fourth-order valence-corrected chi connectivity index (χ4v) is 2.63. The Hall–Kier alpha value is -1.77. The summed E-state index contributed by atoms with van der Waals surface area (Å²) < 4.78 is 5.33. The number of amides is 1. The van der Waals surface area contributed by atoms with Crippen LogP contribution in [0.4, 0.5) is 0 Å². The van der Waals surface area contributed by atoms with Crippen LogP contribution in [0, 0.1) is 0 Å². The summed E-state index contributed by atoms with van der Waals surface area (Å²) in [4.78, 5) is 14.3. The molecule has 0 bridgehead atoms. The second-order valence-corrected chi connectivity index (χ2v) is 5.03. The summed E-state index contributed by atoms with van der Waals surface area (Å²) in [6.45, 7) is 6.75. The molecule has 1 aliphatic heterocycles. The third-order valence-corrected chi connectivity index (χ3v) is 3.76. The molecule has 1 heterocycles. The van der Waals surface area contributed by atoms with Gasteiger partial charge in [-0.3, -0.25) is 4.79 Å². The van der Waals surface area contributed by atoms with E-state index in [1.165, 1.54) is 0 Å². The van der Waals surface area contributed by atoms with Crippen molar-refractivity contribution in [1.29, 1.82) is 0 Å². The first-order valence-electron chi connectivity index (χ1n) is 6.74. The van der Waals surface area contributed by atoms with Crippen LogP contribution >= 0.6 is 0 Å². The molecule has 3 nitrogen and oxygen atoms in total. The number of nitrogens with zero attached hydrogens (tertiary/aromatic N) is 1. The molecule has 0 aliphatic carbocycles. The molecule has 1 aromatic rings. The van der Waals surface area contributed by atoms with E-state index in [4.69, 9.17) is 4.74 Å². The second kappa shape index (κ2) is 5.91. The maximum Gasteiger partial charge on any atom is 0.227 e. The predicted molar refractivity (Wildman–Crippen MR) is 77.2 cm³/mol. The van der Waals surface area contributed by atoms with Crippen molar-refractivity contribution in [3.05, 3.63) is 35.9 Å². The van der Waals surface area contributed by atoms with Gasteiger partial charge < -0.3 is 9.64 Å². The number of methoxy groups -OCH3 is 1. The van der Waals surface area contributed by atoms with Crippen LogP contribution in [-0.2, 0) is 11.2 Å². The fourth-order valence-electron chi connectivity index (χ4n) is 2.63. The molecule has 1 atom stereocenters. The van der Waals surface area contributed by atoms with Crippen LogP contribution in [0.5, 0.6) is 5.75 Å². The molecule has 0 aromatic heterocycles. The van der Waals surface area contributed by atoms with Crippen molar-refractivity contribution in [3.63, 3.8) is 0 Å². The average Bonchev–Trinajstić information content (AvgIpc) is 2.85. The van der Waals surface area contributed by atoms with Gasteiger partial charge in [-0.25, -0.2) is 0 Å². The zero-order valence-electron chi connectivity index (χ0n) is 11.7. The van der Waals surface area contributed by atoms with Crippen molar-refractivity contribution in [1.82, 2.24) is 4.90 Å². The Labute approximate surface area is 114 Å². The molecule has 0 saturated carbocycles. The van der Waals surface area contributed by atoms with E-state index in [0.29, 0.717) is 12.5 Å². The maximum absolute atomic E-state index is 12.3. The Morgan fingerprint density at radius 2 is 2.37 bits per heavy atom. The Morgan fingerprint density at radius 3 is 2.95 bits per heavy atom. The number of hydrogen-bond donors (Lipinski definition) is 0. The Kier molecular flexibility index (Phi) is 4.25. The van der Waals surface area contributed by atoms with E-state index >= 15 is 0 Å². The lowest BCUT2D eigenvalue weighted by Gasteiger charge is -2.22. The van der Waals surface area contributed by atoms with Gasteiger partial charge in [-0.1, -0.05) is 18.7 Å². The molecule has 1 unspecified atom stereocenters. The first-order chi connectivity index (χ1) is 9.15. The number of rotatable bonds is 4. The van der Waals surface area contributed by atoms with Crippen LogP contribution in [0.1, 0.15) is 30.9 Å². The third kappa shape index (κ3) is 2.98. The summed E-state index contributed by atoms with van der Waals surface area (Å²) in [5, 5.41) is 0. The number of carbonyl (C=O) groups excluding carboxylic acids is 1. The quantitative estimate of drug-likeness (QED) is 0.832. The highest BCUT2D eigenvalue weighted by Crippen LogP contribution is 2.24. The van der Waals surface area contributed by atoms with Crippen molar-refractivity contribution < 1.29 is 9.53 Å². The minimum atomic E-state index is 0.185. The van der Waals surface area contributed by atoms with Crippen molar-refractivity contribution in [2.24, 2.45) is 0 Å². The highest BCUT2D eigenvalue weighted by molar-refractivity contribution is 5.80. The van der Waals surface area contributed by atoms with Gasteiger partial charge in [0.25, 0.3) is 0 Å². The fraction of sp³-hybridized carbons (Fsp3) is 0.438. The van der Waals surface area contributed by atoms with Gasteiger partial charge in [-0.15, -0.1) is 0 Å². The van der Waals surface area contributed by atoms with Gasteiger partial charge in [-0.05, 0) is 37.5 Å². The minimum Gasteiger partial charge on any atom is -0.496 e. The van der Waals surface area contributed by atoms with E-state index in [1.54, 1.807) is 13.2 Å². The smallest absolute Gasteiger partial charge is 0.227 e. The molecule has 0 N–H and O–H groups in total. The van der Waals surface area contributed by atoms with E-state index < -0.39 is 0 Å². The van der Waals surface area contributed by atoms with E-state index in [2.05, 4.69) is 13.5 Å². The lowest BCUT2D eigenvalue weighted by Crippen LogP contribution is -2.34. The van der Waals surface area contributed by atoms with Crippen LogP contribution in [0.15, 0.2) is 24.8 Å². The monoisotopic (exact) mass is 259 g/mol. The van der Waals surface area contributed by atoms with E-state index in [1.807, 2.05) is 23.1 Å². The van der Waals surface area contributed by atoms with Gasteiger partial charge in [0.2, 0.25) is 5.91 Å². The molecule has 1 saturated heterocycles. The molecule has 0 spiro atoms. The summed E-state index contributed by atoms with van der Waals surface area (Å²) in [7, 11) is 1.63. The van der Waals surface area contributed by atoms with Crippen molar-refractivity contribution in [2.45, 2.75) is 32.2 Å². The van der Waals surface area contributed by atoms with Gasteiger partial charge in [0, 0.05) is 18.2 Å². The van der Waals surface area contributed by atoms with Crippen LogP contribution in [0.3, 0.4) is 0 Å². The molecule has 19 heavy (non-hydrogen) atoms. The average molecular weight is 259 g/mol. The number of ether oxygens (including phenoxy) is 1. The number of benzene rings is 1. The maximum atomic E-state index is 12.3. The predicted octanol–water partition coefficient (Wildman–Crippen LogP) is 2.89. The summed E-state index contributed by atoms with van der Waals surface area (Å²) in [6, 6.07) is 6.18. The van der Waals surface area contributed by atoms with Crippen LogP contribution in [0.2, 0.25) is 0 Å². The molecule has 1 amide bonds. The molecule has 0 radical (unpaired) electrons. The highest BCUT2D eigenvalue weighted by Gasteiger charge is 2.25. The van der Waals surface area contributed by atoms with E-state index in [9.17, 15) is 4.79 Å². The topological polar surface area (TPSA) is 29.5 Å². The SMILES string of the molecule is C=Cc1ccc(OC)c(CC(=O)N2CCCC2C)c1. The first kappa shape index (κ1) is 13.7. The molecular weight excluding hydrogens is 238 g/mol. The van der Waals surface area contributed by atoms with Crippen molar-refractivity contribution in [3.8, 4) is 5.75 Å². The van der Waals surface area contributed by atoms with Crippen molar-refractivity contribution >= 4 is 12.0 Å². The molecule has 3 heteroatoms. The van der Waals surface area contributed by atoms with Gasteiger partial charge >= 0.3 is 0 Å². The zero-order valence-corrected chi connectivity index (χ0v) is 11.7. The highest BCUT2D eigenvalue weighted by atomic mass is 16.5. The number of likely N-dealkylation sites (tertiary alicyclic amines) is 1. The van der Waals surface area contributed by atoms with Crippen LogP contribution in [-0.4, -0.2) is 30.5 Å².